The lowest BCUT2D eigenvalue weighted by atomic mass is 9.91. The van der Waals surface area contributed by atoms with Gasteiger partial charge in [-0.3, -0.25) is 4.79 Å². The number of ether oxygens (including phenoxy) is 1. The maximum absolute atomic E-state index is 11.8. The summed E-state index contributed by atoms with van der Waals surface area (Å²) >= 11 is 0. The largest absolute Gasteiger partial charge is 0.461 e. The highest BCUT2D eigenvalue weighted by atomic mass is 16.5. The number of rotatable bonds is 22. The summed E-state index contributed by atoms with van der Waals surface area (Å²) in [5.41, 5.74) is 1.36. The molecule has 2 nitrogen and oxygen atoms in total. The first kappa shape index (κ1) is 31.2. The number of hydrogen-bond acceptors (Lipinski definition) is 2. The first-order chi connectivity index (χ1) is 15.3. The summed E-state index contributed by atoms with van der Waals surface area (Å²) in [5.74, 6) is 2.53. The molecule has 2 atom stereocenters. The maximum atomic E-state index is 11.8. The van der Waals surface area contributed by atoms with Crippen molar-refractivity contribution in [1.29, 1.82) is 0 Å². The molecule has 0 aromatic carbocycles. The normalized spacial score (nSPS) is 14.0. The van der Waals surface area contributed by atoms with Crippen LogP contribution in [0.25, 0.3) is 0 Å². The van der Waals surface area contributed by atoms with Crippen molar-refractivity contribution in [3.8, 4) is 0 Å². The van der Waals surface area contributed by atoms with Crippen molar-refractivity contribution in [2.75, 3.05) is 6.61 Å². The van der Waals surface area contributed by atoms with Gasteiger partial charge in [-0.1, -0.05) is 124 Å². The Kier molecular flexibility index (Phi) is 21.5. The fraction of sp³-hybridized carbons (Fsp3) is 0.900. The molecule has 0 aliphatic heterocycles. The zero-order chi connectivity index (χ0) is 24.0. The lowest BCUT2D eigenvalue weighted by Gasteiger charge is -2.15. The second-order valence-electron chi connectivity index (χ2n) is 11.0. The topological polar surface area (TPSA) is 26.3 Å². The van der Waals surface area contributed by atoms with Crippen LogP contribution in [0.1, 0.15) is 151 Å². The molecule has 0 saturated carbocycles. The van der Waals surface area contributed by atoms with Gasteiger partial charge in [-0.25, -0.2) is 0 Å². The van der Waals surface area contributed by atoms with Crippen LogP contribution in [0.4, 0.5) is 0 Å². The molecule has 0 aromatic heterocycles. The van der Waals surface area contributed by atoms with Crippen LogP contribution in [0, 0.1) is 17.8 Å². The van der Waals surface area contributed by atoms with Crippen LogP contribution in [0.15, 0.2) is 11.6 Å². The molecular formula is C30H58O2. The molecule has 0 rings (SSSR count). The summed E-state index contributed by atoms with van der Waals surface area (Å²) in [7, 11) is 0. The van der Waals surface area contributed by atoms with Crippen LogP contribution in [-0.2, 0) is 9.53 Å². The van der Waals surface area contributed by atoms with Crippen LogP contribution in [-0.4, -0.2) is 12.6 Å². The van der Waals surface area contributed by atoms with Gasteiger partial charge < -0.3 is 4.74 Å². The van der Waals surface area contributed by atoms with Crippen molar-refractivity contribution in [1.82, 2.24) is 0 Å². The Morgan fingerprint density at radius 2 is 1.22 bits per heavy atom. The standard InChI is InChI=1S/C30H58O2/c1-7-8-9-10-11-12-13-23-30(31)32-25-24-29(6)22-16-21-28(5)20-15-19-27(4)18-14-17-26(2)3/h24,26-28H,7-23,25H2,1-6H3/b29-24+/t27-,28-/m1/s1. The quantitative estimate of drug-likeness (QED) is 0.0931. The maximum Gasteiger partial charge on any atom is 0.306 e. The average molecular weight is 451 g/mol. The Balaban J connectivity index is 3.64. The molecule has 0 N–H and O–H groups in total. The van der Waals surface area contributed by atoms with Crippen molar-refractivity contribution in [2.45, 2.75) is 151 Å². The van der Waals surface area contributed by atoms with Crippen molar-refractivity contribution in [3.63, 3.8) is 0 Å². The molecule has 0 radical (unpaired) electrons. The second kappa shape index (κ2) is 22.0. The van der Waals surface area contributed by atoms with Gasteiger partial charge in [0.25, 0.3) is 0 Å². The Bertz CT molecular complexity index is 452. The van der Waals surface area contributed by atoms with E-state index in [2.05, 4.69) is 47.6 Å². The van der Waals surface area contributed by atoms with Crippen LogP contribution in [0.3, 0.4) is 0 Å². The van der Waals surface area contributed by atoms with E-state index in [9.17, 15) is 4.79 Å². The highest BCUT2D eigenvalue weighted by Gasteiger charge is 2.07. The van der Waals surface area contributed by atoms with Crippen molar-refractivity contribution < 1.29 is 9.53 Å². The molecule has 0 fully saturated rings. The fourth-order valence-electron chi connectivity index (χ4n) is 4.38. The number of hydrogen-bond donors (Lipinski definition) is 0. The molecule has 0 amide bonds. The first-order valence-electron chi connectivity index (χ1n) is 14.2. The number of carbonyl (C=O) groups is 1. The third kappa shape index (κ3) is 22.4. The van der Waals surface area contributed by atoms with Crippen molar-refractivity contribution >= 4 is 5.97 Å². The van der Waals surface area contributed by atoms with Crippen LogP contribution in [0.2, 0.25) is 0 Å². The summed E-state index contributed by atoms with van der Waals surface area (Å²) in [6.07, 6.45) is 23.3. The first-order valence-corrected chi connectivity index (χ1v) is 14.2. The van der Waals surface area contributed by atoms with E-state index in [0.717, 1.165) is 37.0 Å². The predicted octanol–water partition coefficient (Wildman–Crippen LogP) is 10.1. The van der Waals surface area contributed by atoms with Gasteiger partial charge in [0.2, 0.25) is 0 Å². The highest BCUT2D eigenvalue weighted by Crippen LogP contribution is 2.22. The molecule has 0 unspecified atom stereocenters. The van der Waals surface area contributed by atoms with E-state index >= 15 is 0 Å². The van der Waals surface area contributed by atoms with E-state index < -0.39 is 0 Å². The van der Waals surface area contributed by atoms with Gasteiger partial charge >= 0.3 is 5.97 Å². The Morgan fingerprint density at radius 1 is 0.688 bits per heavy atom. The monoisotopic (exact) mass is 450 g/mol. The van der Waals surface area contributed by atoms with E-state index in [1.54, 1.807) is 0 Å². The summed E-state index contributed by atoms with van der Waals surface area (Å²) < 4.78 is 5.39. The summed E-state index contributed by atoms with van der Waals surface area (Å²) in [6, 6.07) is 0. The fourth-order valence-corrected chi connectivity index (χ4v) is 4.38. The molecule has 0 bridgehead atoms. The Labute approximate surface area is 202 Å². The van der Waals surface area contributed by atoms with Gasteiger partial charge in [0, 0.05) is 6.42 Å². The SMILES string of the molecule is CCCCCCCCCC(=O)OC/C=C(\C)CCC[C@H](C)CCC[C@H](C)CCCC(C)C. The predicted molar refractivity (Wildman–Crippen MR) is 142 cm³/mol. The third-order valence-electron chi connectivity index (χ3n) is 6.80. The molecular weight excluding hydrogens is 392 g/mol. The number of unbranched alkanes of at least 4 members (excludes halogenated alkanes) is 6. The van der Waals surface area contributed by atoms with Crippen LogP contribution in [0.5, 0.6) is 0 Å². The van der Waals surface area contributed by atoms with Crippen LogP contribution < -0.4 is 0 Å². The summed E-state index contributed by atoms with van der Waals surface area (Å²) in [5, 5.41) is 0. The number of esters is 1. The summed E-state index contributed by atoms with van der Waals surface area (Å²) in [6.45, 7) is 14.4. The smallest absolute Gasteiger partial charge is 0.306 e. The molecule has 0 spiro atoms. The van der Waals surface area contributed by atoms with E-state index in [-0.39, 0.29) is 5.97 Å². The number of allylic oxidation sites excluding steroid dienone is 1. The minimum atomic E-state index is -0.0327. The average Bonchev–Trinajstić information content (AvgIpc) is 2.73. The third-order valence-corrected chi connectivity index (χ3v) is 6.80. The van der Waals surface area contributed by atoms with Crippen molar-refractivity contribution in [2.24, 2.45) is 17.8 Å². The zero-order valence-corrected chi connectivity index (χ0v) is 22.9. The zero-order valence-electron chi connectivity index (χ0n) is 22.9. The molecule has 32 heavy (non-hydrogen) atoms. The van der Waals surface area contributed by atoms with Gasteiger partial charge in [-0.15, -0.1) is 0 Å². The molecule has 190 valence electrons. The van der Waals surface area contributed by atoms with Gasteiger partial charge in [-0.2, -0.15) is 0 Å². The van der Waals surface area contributed by atoms with E-state index in [1.807, 2.05) is 0 Å². The molecule has 2 heteroatoms. The number of carbonyl (C=O) groups excluding carboxylic acids is 1. The van der Waals surface area contributed by atoms with Gasteiger partial charge in [0.05, 0.1) is 0 Å². The van der Waals surface area contributed by atoms with E-state index in [1.165, 1.54) is 89.0 Å². The molecule has 0 aromatic rings. The minimum Gasteiger partial charge on any atom is -0.461 e. The van der Waals surface area contributed by atoms with E-state index in [0.29, 0.717) is 13.0 Å². The molecule has 0 saturated heterocycles. The van der Waals surface area contributed by atoms with Gasteiger partial charge in [0.1, 0.15) is 6.61 Å². The molecule has 0 aliphatic carbocycles. The molecule has 0 heterocycles. The summed E-state index contributed by atoms with van der Waals surface area (Å²) in [4.78, 5) is 11.8. The Morgan fingerprint density at radius 3 is 1.81 bits per heavy atom. The molecule has 0 aliphatic rings. The van der Waals surface area contributed by atoms with Crippen molar-refractivity contribution in [3.05, 3.63) is 11.6 Å². The van der Waals surface area contributed by atoms with Gasteiger partial charge in [-0.05, 0) is 50.0 Å². The lowest BCUT2D eigenvalue weighted by Crippen LogP contribution is -2.04. The highest BCUT2D eigenvalue weighted by molar-refractivity contribution is 5.69. The minimum absolute atomic E-state index is 0.0327. The van der Waals surface area contributed by atoms with E-state index in [4.69, 9.17) is 4.74 Å². The Hall–Kier alpha value is -0.790. The van der Waals surface area contributed by atoms with Gasteiger partial charge in [0.15, 0.2) is 0 Å². The lowest BCUT2D eigenvalue weighted by molar-refractivity contribution is -0.142. The second-order valence-corrected chi connectivity index (χ2v) is 11.0. The van der Waals surface area contributed by atoms with Crippen LogP contribution >= 0.6 is 0 Å².